The van der Waals surface area contributed by atoms with Gasteiger partial charge < -0.3 is 19.7 Å². The fourth-order valence-corrected chi connectivity index (χ4v) is 4.16. The van der Waals surface area contributed by atoms with Crippen LogP contribution in [-0.4, -0.2) is 51.2 Å². The summed E-state index contributed by atoms with van der Waals surface area (Å²) in [7, 11) is 3.23. The third kappa shape index (κ3) is 3.59. The summed E-state index contributed by atoms with van der Waals surface area (Å²) in [6.07, 6.45) is 0.904. The van der Waals surface area contributed by atoms with Crippen molar-refractivity contribution < 1.29 is 14.3 Å². The fourth-order valence-electron chi connectivity index (χ4n) is 4.16. The van der Waals surface area contributed by atoms with Crippen LogP contribution in [0.5, 0.6) is 11.5 Å². The topological polar surface area (TPSA) is 50.8 Å². The number of benzene rings is 2. The molecule has 0 fully saturated rings. The number of methoxy groups -OCH3 is 2. The summed E-state index contributed by atoms with van der Waals surface area (Å²) in [5.41, 5.74) is 2.56. The lowest BCUT2D eigenvalue weighted by atomic mass is 9.68. The second-order valence-electron chi connectivity index (χ2n) is 7.16. The molecule has 0 bridgehead atoms. The molecule has 28 heavy (non-hydrogen) atoms. The Balaban J connectivity index is 2.18. The number of rotatable bonds is 8. The van der Waals surface area contributed by atoms with Crippen LogP contribution in [0.3, 0.4) is 0 Å². The minimum atomic E-state index is -0.313. The van der Waals surface area contributed by atoms with Crippen LogP contribution in [0.1, 0.15) is 41.8 Å². The molecule has 1 heterocycles. The van der Waals surface area contributed by atoms with Gasteiger partial charge in [0.05, 0.1) is 14.2 Å². The van der Waals surface area contributed by atoms with Crippen LogP contribution in [0.15, 0.2) is 42.5 Å². The van der Waals surface area contributed by atoms with Crippen LogP contribution < -0.4 is 14.8 Å². The van der Waals surface area contributed by atoms with Gasteiger partial charge in [-0.05, 0) is 49.3 Å². The van der Waals surface area contributed by atoms with Crippen LogP contribution >= 0.6 is 0 Å². The van der Waals surface area contributed by atoms with Crippen molar-refractivity contribution in [1.82, 2.24) is 10.2 Å². The molecule has 0 saturated heterocycles. The molecular formula is C23H30N2O3. The largest absolute Gasteiger partial charge is 0.493 e. The molecule has 1 atom stereocenters. The normalized spacial score (nSPS) is 18.5. The van der Waals surface area contributed by atoms with E-state index >= 15 is 0 Å². The SMILES string of the molecule is CCN(CC)CCC1(c2ccccc2)CNC(=O)c2cc(OC)c(OC)cc21. The van der Waals surface area contributed by atoms with Gasteiger partial charge >= 0.3 is 0 Å². The zero-order chi connectivity index (χ0) is 20.1. The van der Waals surface area contributed by atoms with E-state index in [1.807, 2.05) is 12.1 Å². The summed E-state index contributed by atoms with van der Waals surface area (Å²) in [6, 6.07) is 14.2. The van der Waals surface area contributed by atoms with Crippen molar-refractivity contribution >= 4 is 5.91 Å². The molecule has 0 aliphatic carbocycles. The van der Waals surface area contributed by atoms with E-state index in [1.54, 1.807) is 20.3 Å². The molecule has 3 rings (SSSR count). The molecule has 0 saturated carbocycles. The van der Waals surface area contributed by atoms with Gasteiger partial charge in [-0.1, -0.05) is 44.2 Å². The standard InChI is InChI=1S/C23H30N2O3/c1-5-25(6-2)13-12-23(17-10-8-7-9-11-17)16-24-22(26)18-14-20(27-3)21(28-4)15-19(18)23/h7-11,14-15H,5-6,12-13,16H2,1-4H3,(H,24,26). The van der Waals surface area contributed by atoms with Gasteiger partial charge in [-0.15, -0.1) is 0 Å². The molecule has 0 aromatic heterocycles. The third-order valence-corrected chi connectivity index (χ3v) is 5.91. The molecule has 1 amide bonds. The van der Waals surface area contributed by atoms with Gasteiger partial charge in [0.15, 0.2) is 11.5 Å². The first kappa shape index (κ1) is 20.2. The number of carbonyl (C=O) groups is 1. The molecule has 0 radical (unpaired) electrons. The number of nitrogens with zero attached hydrogens (tertiary/aromatic N) is 1. The molecule has 1 unspecified atom stereocenters. The Labute approximate surface area is 167 Å². The monoisotopic (exact) mass is 382 g/mol. The zero-order valence-corrected chi connectivity index (χ0v) is 17.2. The number of ether oxygens (including phenoxy) is 2. The average Bonchev–Trinajstić information content (AvgIpc) is 2.75. The Morgan fingerprint density at radius 2 is 1.68 bits per heavy atom. The summed E-state index contributed by atoms with van der Waals surface area (Å²) >= 11 is 0. The summed E-state index contributed by atoms with van der Waals surface area (Å²) in [6.45, 7) is 7.90. The lowest BCUT2D eigenvalue weighted by Gasteiger charge is -2.41. The quantitative estimate of drug-likeness (QED) is 0.760. The minimum Gasteiger partial charge on any atom is -0.493 e. The second kappa shape index (κ2) is 8.65. The van der Waals surface area contributed by atoms with Gasteiger partial charge in [0.25, 0.3) is 5.91 Å². The van der Waals surface area contributed by atoms with E-state index < -0.39 is 0 Å². The maximum absolute atomic E-state index is 12.7. The van der Waals surface area contributed by atoms with Gasteiger partial charge in [0.1, 0.15) is 0 Å². The summed E-state index contributed by atoms with van der Waals surface area (Å²) in [4.78, 5) is 15.1. The van der Waals surface area contributed by atoms with E-state index in [2.05, 4.69) is 48.3 Å². The molecule has 5 heteroatoms. The Bertz CT molecular complexity index is 818. The van der Waals surface area contributed by atoms with Crippen molar-refractivity contribution in [3.8, 4) is 11.5 Å². The highest BCUT2D eigenvalue weighted by Gasteiger charge is 2.41. The van der Waals surface area contributed by atoms with Crippen molar-refractivity contribution in [1.29, 1.82) is 0 Å². The number of amides is 1. The molecule has 1 N–H and O–H groups in total. The van der Waals surface area contributed by atoms with E-state index in [0.717, 1.165) is 31.6 Å². The molecule has 2 aromatic carbocycles. The van der Waals surface area contributed by atoms with Gasteiger partial charge in [-0.25, -0.2) is 0 Å². The van der Waals surface area contributed by atoms with E-state index in [0.29, 0.717) is 23.6 Å². The van der Waals surface area contributed by atoms with Gasteiger partial charge in [-0.3, -0.25) is 4.79 Å². The van der Waals surface area contributed by atoms with Crippen molar-refractivity contribution in [2.24, 2.45) is 0 Å². The van der Waals surface area contributed by atoms with E-state index in [-0.39, 0.29) is 11.3 Å². The number of hydrogen-bond donors (Lipinski definition) is 1. The van der Waals surface area contributed by atoms with Crippen LogP contribution in [0.4, 0.5) is 0 Å². The van der Waals surface area contributed by atoms with E-state index in [4.69, 9.17) is 9.47 Å². The van der Waals surface area contributed by atoms with Crippen molar-refractivity contribution in [3.05, 3.63) is 59.2 Å². The van der Waals surface area contributed by atoms with E-state index in [1.165, 1.54) is 5.56 Å². The van der Waals surface area contributed by atoms with Crippen molar-refractivity contribution in [2.45, 2.75) is 25.7 Å². The van der Waals surface area contributed by atoms with E-state index in [9.17, 15) is 4.79 Å². The summed E-state index contributed by atoms with van der Waals surface area (Å²) in [5, 5.41) is 3.12. The van der Waals surface area contributed by atoms with Crippen molar-refractivity contribution in [3.63, 3.8) is 0 Å². The highest BCUT2D eigenvalue weighted by atomic mass is 16.5. The summed E-state index contributed by atoms with van der Waals surface area (Å²) in [5.74, 6) is 1.16. The Kier molecular flexibility index (Phi) is 6.25. The molecule has 150 valence electrons. The number of hydrogen-bond acceptors (Lipinski definition) is 4. The zero-order valence-electron chi connectivity index (χ0n) is 17.2. The maximum Gasteiger partial charge on any atom is 0.251 e. The van der Waals surface area contributed by atoms with Crippen LogP contribution in [-0.2, 0) is 5.41 Å². The minimum absolute atomic E-state index is 0.0645. The van der Waals surface area contributed by atoms with Gasteiger partial charge in [0.2, 0.25) is 0 Å². The van der Waals surface area contributed by atoms with Crippen LogP contribution in [0, 0.1) is 0 Å². The van der Waals surface area contributed by atoms with Gasteiger partial charge in [0, 0.05) is 17.5 Å². The predicted molar refractivity (Wildman–Crippen MR) is 112 cm³/mol. The lowest BCUT2D eigenvalue weighted by molar-refractivity contribution is 0.0926. The molecular weight excluding hydrogens is 352 g/mol. The van der Waals surface area contributed by atoms with Gasteiger partial charge in [-0.2, -0.15) is 0 Å². The highest BCUT2D eigenvalue weighted by Crippen LogP contribution is 2.44. The lowest BCUT2D eigenvalue weighted by Crippen LogP contribution is -2.49. The Morgan fingerprint density at radius 1 is 1.04 bits per heavy atom. The first-order chi connectivity index (χ1) is 13.6. The number of carbonyl (C=O) groups excluding carboxylic acids is 1. The number of fused-ring (bicyclic) bond motifs is 1. The molecule has 1 aliphatic rings. The van der Waals surface area contributed by atoms with Crippen molar-refractivity contribution in [2.75, 3.05) is 40.4 Å². The Hall–Kier alpha value is -2.53. The smallest absolute Gasteiger partial charge is 0.251 e. The molecule has 0 spiro atoms. The average molecular weight is 383 g/mol. The Morgan fingerprint density at radius 3 is 2.29 bits per heavy atom. The molecule has 1 aliphatic heterocycles. The first-order valence-electron chi connectivity index (χ1n) is 9.92. The number of nitrogens with one attached hydrogen (secondary N) is 1. The predicted octanol–water partition coefficient (Wildman–Crippen LogP) is 3.47. The maximum atomic E-state index is 12.7. The third-order valence-electron chi connectivity index (χ3n) is 5.91. The summed E-state index contributed by atoms with van der Waals surface area (Å²) < 4.78 is 11.0. The molecule has 2 aromatic rings. The first-order valence-corrected chi connectivity index (χ1v) is 9.92. The van der Waals surface area contributed by atoms with Crippen LogP contribution in [0.25, 0.3) is 0 Å². The highest BCUT2D eigenvalue weighted by molar-refractivity contribution is 5.98. The molecule has 5 nitrogen and oxygen atoms in total. The van der Waals surface area contributed by atoms with Crippen LogP contribution in [0.2, 0.25) is 0 Å². The second-order valence-corrected chi connectivity index (χ2v) is 7.16. The fraction of sp³-hybridized carbons (Fsp3) is 0.435.